The first-order valence-corrected chi connectivity index (χ1v) is 32.8. The molecule has 0 aliphatic rings. The van der Waals surface area contributed by atoms with E-state index in [-0.39, 0.29) is 62.7 Å². The van der Waals surface area contributed by atoms with Gasteiger partial charge in [-0.1, -0.05) is 0 Å². The molecule has 0 aliphatic carbocycles. The minimum absolute atomic E-state index is 0. The maximum Gasteiger partial charge on any atom is 3.00 e. The van der Waals surface area contributed by atoms with Crippen molar-refractivity contribution < 1.29 is 121 Å². The minimum atomic E-state index is -4.87. The van der Waals surface area contributed by atoms with Crippen LogP contribution in [0.25, 0.3) is 0 Å². The van der Waals surface area contributed by atoms with Crippen molar-refractivity contribution >= 4 is 165 Å². The average molecular weight is 1200 g/mol. The second-order valence-corrected chi connectivity index (χ2v) is 43.1. The molecule has 0 spiro atoms. The molecule has 1 radical (unpaired) electrons. The molecule has 0 bridgehead atoms. The quantitative estimate of drug-likeness (QED) is 0.161. The van der Waals surface area contributed by atoms with E-state index in [0.29, 0.717) is 0 Å². The molecule has 0 atom stereocenters. The Kier molecular flexibility index (Phi) is 32.7. The first kappa shape index (κ1) is 58.0. The molecule has 0 saturated heterocycles. The van der Waals surface area contributed by atoms with Gasteiger partial charge in [0.05, 0.1) is 0 Å². The van der Waals surface area contributed by atoms with Crippen molar-refractivity contribution in [1.29, 1.82) is 0 Å². The molecule has 0 unspecified atom stereocenters. The number of hydrogen-bond donors (Lipinski definition) is 0. The predicted molar refractivity (Wildman–Crippen MR) is 112 cm³/mol. The van der Waals surface area contributed by atoms with E-state index in [1.807, 2.05) is 0 Å². The van der Waals surface area contributed by atoms with Crippen molar-refractivity contribution in [2.75, 3.05) is 0 Å². The molecule has 0 N–H and O–H groups in total. The third-order valence-electron chi connectivity index (χ3n) is 0.667. The second kappa shape index (κ2) is 22.0. The summed E-state index contributed by atoms with van der Waals surface area (Å²) in [7, 11) is -39.0. The monoisotopic (exact) mass is 1210 g/mol. The first-order chi connectivity index (χ1) is 14.8. The third kappa shape index (κ3) is 85.6. The van der Waals surface area contributed by atoms with E-state index in [1.165, 1.54) is 0 Å². The van der Waals surface area contributed by atoms with Crippen molar-refractivity contribution in [2.24, 2.45) is 0 Å². The Morgan fingerprint density at radius 3 is 0.333 bits per heavy atom. The number of hydrogen-bond acceptors (Lipinski definition) is 24. The van der Waals surface area contributed by atoms with Gasteiger partial charge < -0.3 is 0 Å². The molecular weight excluding hydrogens is 1200 g/mol. The van der Waals surface area contributed by atoms with E-state index in [9.17, 15) is 104 Å². The summed E-state index contributed by atoms with van der Waals surface area (Å²) in [5.74, 6) is 0. The summed E-state index contributed by atoms with van der Waals surface area (Å²) in [6.07, 6.45) is 0. The van der Waals surface area contributed by atoms with Crippen LogP contribution in [0.2, 0.25) is 0 Å². The zero-order valence-corrected chi connectivity index (χ0v) is 36.2. The Morgan fingerprint density at radius 2 is 0.333 bits per heavy atom. The van der Waals surface area contributed by atoms with Crippen molar-refractivity contribution in [3.8, 4) is 0 Å². The van der Waals surface area contributed by atoms with Crippen LogP contribution in [0, 0.1) is 0 Å². The van der Waals surface area contributed by atoms with Gasteiger partial charge in [-0.3, -0.25) is 0 Å². The van der Waals surface area contributed by atoms with Crippen LogP contribution in [-0.4, -0.2) is 200 Å². The summed E-state index contributed by atoms with van der Waals surface area (Å²) < 4.78 is 229. The molecule has 0 heterocycles. The maximum atomic E-state index is 9.54. The second-order valence-electron chi connectivity index (χ2n) is 3.54. The van der Waals surface area contributed by atoms with E-state index >= 15 is 0 Å². The average Bonchev–Trinajstić information content (AvgIpc) is 2.19. The molecule has 0 fully saturated rings. The van der Waals surface area contributed by atoms with Gasteiger partial charge in [-0.25, -0.2) is 0 Å². The fraction of sp³-hybridized carbons (Fsp3) is 0. The van der Waals surface area contributed by atoms with E-state index in [2.05, 4.69) is 0 Å². The zero-order valence-electron chi connectivity index (χ0n) is 16.2. The molecule has 0 aromatic carbocycles. The topological polar surface area (TPSA) is 458 Å². The first-order valence-electron chi connectivity index (χ1n) is 5.33. The van der Waals surface area contributed by atoms with Crippen molar-refractivity contribution in [2.45, 2.75) is 0 Å². The molecule has 0 saturated carbocycles. The van der Waals surface area contributed by atoms with Gasteiger partial charge in [0.25, 0.3) is 0 Å². The van der Waals surface area contributed by atoms with Gasteiger partial charge in [-0.15, -0.1) is 0 Å². The van der Waals surface area contributed by atoms with Crippen LogP contribution in [0.4, 0.5) is 0 Å². The van der Waals surface area contributed by atoms with Crippen LogP contribution in [0.15, 0.2) is 0 Å². The maximum absolute atomic E-state index is 9.54. The summed E-state index contributed by atoms with van der Waals surface area (Å²) in [6, 6.07) is 0. The van der Waals surface area contributed by atoms with Gasteiger partial charge in [-0.05, 0) is 0 Å². The molecule has 0 aliphatic heterocycles. The summed E-state index contributed by atoms with van der Waals surface area (Å²) >= 11 is -9.67. The van der Waals surface area contributed by atoms with Crippen molar-refractivity contribution in [3.63, 3.8) is 0 Å². The summed E-state index contributed by atoms with van der Waals surface area (Å²) in [6.45, 7) is 0. The SMILES string of the molecule is O=S(=O)([O-])[Se]S(=O)(=O)[O-].O=S(=O)([O-])[Se]S(=O)(=O)[O-].O=S(=O)([O-])[Se]S(=O)(=O)[O-].O=S(=O)([O-])[Se]S(=O)(=O)[O-].[Cu+2].[Ga+3].[In+3]. The van der Waals surface area contributed by atoms with Gasteiger partial charge >= 0.3 is 286 Å². The molecule has 39 heavy (non-hydrogen) atoms. The van der Waals surface area contributed by atoms with Gasteiger partial charge in [0.2, 0.25) is 0 Å². The Morgan fingerprint density at radius 1 is 0.282 bits per heavy atom. The smallest absolute Gasteiger partial charge is 2.00 e. The molecule has 0 amide bonds. The summed E-state index contributed by atoms with van der Waals surface area (Å²) in [5.41, 5.74) is 0. The molecular formula is CuGaInO24S8Se4. The van der Waals surface area contributed by atoms with E-state index < -0.39 is 119 Å². The van der Waals surface area contributed by atoms with Crippen LogP contribution in [0.5, 0.6) is 0 Å². The normalized spacial score (nSPS) is 12.5. The fourth-order valence-electron chi connectivity index (χ4n) is 0.408. The molecule has 0 aromatic heterocycles. The van der Waals surface area contributed by atoms with Gasteiger partial charge in [0.1, 0.15) is 0 Å². The van der Waals surface area contributed by atoms with Gasteiger partial charge in [0.15, 0.2) is 0 Å². The van der Waals surface area contributed by atoms with Crippen LogP contribution in [0.1, 0.15) is 0 Å². The van der Waals surface area contributed by atoms with Crippen LogP contribution in [-0.2, 0) is 85.4 Å². The van der Waals surface area contributed by atoms with Crippen LogP contribution in [0.3, 0.4) is 0 Å². The Balaban J connectivity index is -0.0000000683. The Labute approximate surface area is 281 Å². The third-order valence-corrected chi connectivity index (χ3v) is 31.2. The van der Waals surface area contributed by atoms with E-state index in [1.54, 1.807) is 0 Å². The Bertz CT molecular complexity index is 1210. The zero-order chi connectivity index (χ0) is 30.8. The largest absolute Gasteiger partial charge is 3.00 e. The van der Waals surface area contributed by atoms with E-state index in [0.717, 1.165) is 0 Å². The fourth-order valence-corrected chi connectivity index (χ4v) is 19.1. The van der Waals surface area contributed by atoms with Crippen LogP contribution >= 0.6 is 0 Å². The van der Waals surface area contributed by atoms with Gasteiger partial charge in [-0.2, -0.15) is 0 Å². The Hall–Kier alpha value is 3.38. The number of rotatable bonds is 8. The van der Waals surface area contributed by atoms with E-state index in [4.69, 9.17) is 0 Å². The minimum Gasteiger partial charge on any atom is 2.00 e. The molecule has 0 aromatic rings. The predicted octanol–water partition coefficient (Wildman–Crippen LogP) is -10.3. The van der Waals surface area contributed by atoms with Crippen molar-refractivity contribution in [1.82, 2.24) is 0 Å². The summed E-state index contributed by atoms with van der Waals surface area (Å²) in [4.78, 5) is 0. The summed E-state index contributed by atoms with van der Waals surface area (Å²) in [5, 5.41) is 0. The molecule has 24 nitrogen and oxygen atoms in total. The van der Waals surface area contributed by atoms with Crippen molar-refractivity contribution in [3.05, 3.63) is 0 Å². The molecule has 39 heteroatoms. The molecule has 0 rings (SSSR count). The van der Waals surface area contributed by atoms with Crippen LogP contribution < -0.4 is 0 Å². The molecule has 233 valence electrons. The standard InChI is InChI=1S/Cu.Ga.In.4H2O6S2Se/c;;;4*1-7(2,3)9-8(4,5)6/h;;;4*(H,1,2,3)(H,4,5,6)/q+2;2*+3;;;;/p-8. The van der Waals surface area contributed by atoms with Gasteiger partial charge in [0, 0.05) is 0 Å².